The van der Waals surface area contributed by atoms with E-state index >= 15 is 0 Å². The highest BCUT2D eigenvalue weighted by Gasteiger charge is 2.24. The summed E-state index contributed by atoms with van der Waals surface area (Å²) < 4.78 is 0. The number of nitrogens with zero attached hydrogens (tertiary/aromatic N) is 1. The van der Waals surface area contributed by atoms with Gasteiger partial charge in [-0.3, -0.25) is 19.7 Å². The maximum atomic E-state index is 10.8. The van der Waals surface area contributed by atoms with Crippen molar-refractivity contribution in [2.45, 2.75) is 6.04 Å². The van der Waals surface area contributed by atoms with Crippen LogP contribution >= 0.6 is 0 Å². The van der Waals surface area contributed by atoms with Crippen molar-refractivity contribution in [3.8, 4) is 0 Å². The Labute approximate surface area is 68.0 Å². The van der Waals surface area contributed by atoms with Gasteiger partial charge in [0.25, 0.3) is 11.8 Å². The number of imide groups is 1. The predicted molar refractivity (Wildman–Crippen MR) is 37.2 cm³/mol. The molecular weight excluding hydrogens is 164 g/mol. The smallest absolute Gasteiger partial charge is 0.262 e. The summed E-state index contributed by atoms with van der Waals surface area (Å²) in [6.07, 6.45) is 0.128. The van der Waals surface area contributed by atoms with Crippen LogP contribution in [0.3, 0.4) is 0 Å². The summed E-state index contributed by atoms with van der Waals surface area (Å²) in [6.45, 7) is 0. The first-order valence-electron chi connectivity index (χ1n) is 2.99. The summed E-state index contributed by atoms with van der Waals surface area (Å²) in [4.78, 5) is 31.3. The average molecular weight is 172 g/mol. The van der Waals surface area contributed by atoms with Gasteiger partial charge in [-0.2, -0.15) is 5.11 Å². The van der Waals surface area contributed by atoms with Gasteiger partial charge in [-0.15, -0.1) is 0 Å². The van der Waals surface area contributed by atoms with Crippen molar-refractivity contribution in [3.63, 3.8) is 0 Å². The third kappa shape index (κ3) is 2.45. The Balaban J connectivity index is 4.33. The molecule has 0 aromatic rings. The van der Waals surface area contributed by atoms with Crippen molar-refractivity contribution in [2.75, 3.05) is 7.05 Å². The Bertz CT molecular complexity index is 215. The number of nitrogens with one attached hydrogen (secondary N) is 3. The second-order valence-corrected chi connectivity index (χ2v) is 1.77. The SMILES string of the molecule is CNC(=O)C(N=N)C(=O)NC=O. The molecular formula is C5H8N4O3. The molecule has 0 spiro atoms. The lowest BCUT2D eigenvalue weighted by molar-refractivity contribution is -0.132. The minimum absolute atomic E-state index is 0.128. The second-order valence-electron chi connectivity index (χ2n) is 1.77. The molecule has 0 saturated carbocycles. The van der Waals surface area contributed by atoms with Gasteiger partial charge in [-0.25, -0.2) is 5.53 Å². The molecule has 0 aliphatic rings. The van der Waals surface area contributed by atoms with E-state index in [0.29, 0.717) is 0 Å². The molecule has 0 fully saturated rings. The van der Waals surface area contributed by atoms with Crippen LogP contribution in [-0.2, 0) is 14.4 Å². The Kier molecular flexibility index (Phi) is 4.20. The summed E-state index contributed by atoms with van der Waals surface area (Å²) in [5.41, 5.74) is 6.49. The van der Waals surface area contributed by atoms with Crippen LogP contribution in [0.4, 0.5) is 0 Å². The zero-order valence-corrected chi connectivity index (χ0v) is 6.33. The second kappa shape index (κ2) is 4.94. The Morgan fingerprint density at radius 3 is 2.42 bits per heavy atom. The van der Waals surface area contributed by atoms with Crippen LogP contribution in [-0.4, -0.2) is 31.3 Å². The largest absolute Gasteiger partial charge is 0.357 e. The maximum Gasteiger partial charge on any atom is 0.262 e. The van der Waals surface area contributed by atoms with Crippen LogP contribution in [0.2, 0.25) is 0 Å². The van der Waals surface area contributed by atoms with E-state index in [2.05, 4.69) is 10.4 Å². The van der Waals surface area contributed by atoms with Gasteiger partial charge in [0.15, 0.2) is 0 Å². The molecule has 0 aliphatic heterocycles. The molecule has 7 heteroatoms. The molecule has 0 rings (SSSR count). The highest BCUT2D eigenvalue weighted by atomic mass is 16.2. The van der Waals surface area contributed by atoms with Crippen molar-refractivity contribution in [1.29, 1.82) is 5.53 Å². The van der Waals surface area contributed by atoms with Crippen molar-refractivity contribution in [1.82, 2.24) is 10.6 Å². The lowest BCUT2D eigenvalue weighted by atomic mass is 10.3. The molecule has 3 N–H and O–H groups in total. The van der Waals surface area contributed by atoms with Crippen molar-refractivity contribution in [2.24, 2.45) is 5.11 Å². The average Bonchev–Trinajstić information content (AvgIpc) is 2.06. The minimum Gasteiger partial charge on any atom is -0.357 e. The molecule has 0 saturated heterocycles. The molecule has 0 heterocycles. The number of amides is 3. The van der Waals surface area contributed by atoms with Crippen molar-refractivity contribution >= 4 is 18.2 Å². The quantitative estimate of drug-likeness (QED) is 0.270. The molecule has 3 amide bonds. The number of carbonyl (C=O) groups is 3. The number of hydrogen-bond acceptors (Lipinski definition) is 5. The molecule has 0 aliphatic carbocycles. The zero-order chi connectivity index (χ0) is 9.56. The molecule has 1 unspecified atom stereocenters. The molecule has 0 radical (unpaired) electrons. The van der Waals surface area contributed by atoms with E-state index in [1.54, 1.807) is 5.32 Å². The van der Waals surface area contributed by atoms with Crippen LogP contribution in [0.1, 0.15) is 0 Å². The summed E-state index contributed by atoms with van der Waals surface area (Å²) in [7, 11) is 1.30. The normalized spacial score (nSPS) is 11.1. The van der Waals surface area contributed by atoms with Crippen LogP contribution < -0.4 is 10.6 Å². The maximum absolute atomic E-state index is 10.8. The third-order valence-corrected chi connectivity index (χ3v) is 1.07. The van der Waals surface area contributed by atoms with Crippen LogP contribution in [0, 0.1) is 5.53 Å². The fourth-order valence-electron chi connectivity index (χ4n) is 0.510. The van der Waals surface area contributed by atoms with Gasteiger partial charge in [0, 0.05) is 7.05 Å². The number of rotatable bonds is 4. The molecule has 7 nitrogen and oxygen atoms in total. The van der Waals surface area contributed by atoms with Gasteiger partial charge in [0.1, 0.15) is 0 Å². The summed E-state index contributed by atoms with van der Waals surface area (Å²) in [5, 5.41) is 6.59. The third-order valence-electron chi connectivity index (χ3n) is 1.07. The Morgan fingerprint density at radius 2 is 2.08 bits per heavy atom. The van der Waals surface area contributed by atoms with E-state index in [0.717, 1.165) is 0 Å². The van der Waals surface area contributed by atoms with Gasteiger partial charge in [-0.05, 0) is 0 Å². The summed E-state index contributed by atoms with van der Waals surface area (Å²) >= 11 is 0. The molecule has 66 valence electrons. The summed E-state index contributed by atoms with van der Waals surface area (Å²) in [6, 6.07) is -1.49. The first kappa shape index (κ1) is 10.2. The number of carbonyl (C=O) groups excluding carboxylic acids is 3. The van der Waals surface area contributed by atoms with E-state index < -0.39 is 17.9 Å². The summed E-state index contributed by atoms with van der Waals surface area (Å²) in [5.74, 6) is -1.65. The molecule has 12 heavy (non-hydrogen) atoms. The van der Waals surface area contributed by atoms with E-state index in [1.165, 1.54) is 7.05 Å². The molecule has 0 aromatic heterocycles. The van der Waals surface area contributed by atoms with Gasteiger partial charge in [0.05, 0.1) is 0 Å². The van der Waals surface area contributed by atoms with E-state index in [4.69, 9.17) is 5.53 Å². The van der Waals surface area contributed by atoms with Gasteiger partial charge >= 0.3 is 0 Å². The van der Waals surface area contributed by atoms with Crippen LogP contribution in [0.5, 0.6) is 0 Å². The Morgan fingerprint density at radius 1 is 1.50 bits per heavy atom. The van der Waals surface area contributed by atoms with Crippen molar-refractivity contribution < 1.29 is 14.4 Å². The fraction of sp³-hybridized carbons (Fsp3) is 0.400. The standard InChI is InChI=1S/C5H8N4O3/c1-7-4(11)3(9-6)5(12)8-2-10/h2-3,6H,1H3,(H,7,11)(H,8,10,12). The first-order chi connectivity index (χ1) is 5.67. The molecule has 1 atom stereocenters. The topological polar surface area (TPSA) is 111 Å². The lowest BCUT2D eigenvalue weighted by Gasteiger charge is -2.05. The van der Waals surface area contributed by atoms with E-state index in [-0.39, 0.29) is 6.41 Å². The van der Waals surface area contributed by atoms with E-state index in [1.807, 2.05) is 0 Å². The van der Waals surface area contributed by atoms with Crippen molar-refractivity contribution in [3.05, 3.63) is 0 Å². The minimum atomic E-state index is -1.49. The van der Waals surface area contributed by atoms with Gasteiger partial charge in [-0.1, -0.05) is 0 Å². The molecule has 0 bridgehead atoms. The van der Waals surface area contributed by atoms with Gasteiger partial charge < -0.3 is 5.32 Å². The predicted octanol–water partition coefficient (Wildman–Crippen LogP) is -1.60. The highest BCUT2D eigenvalue weighted by Crippen LogP contribution is 1.89. The number of hydrogen-bond donors (Lipinski definition) is 3. The monoisotopic (exact) mass is 172 g/mol. The molecule has 0 aromatic carbocycles. The van der Waals surface area contributed by atoms with Gasteiger partial charge in [0.2, 0.25) is 12.5 Å². The Hall–Kier alpha value is -1.79. The van der Waals surface area contributed by atoms with E-state index in [9.17, 15) is 14.4 Å². The lowest BCUT2D eigenvalue weighted by Crippen LogP contribution is -2.42. The number of likely N-dealkylation sites (N-methyl/N-ethyl adjacent to an activating group) is 1. The van der Waals surface area contributed by atoms with Crippen LogP contribution in [0.25, 0.3) is 0 Å². The highest BCUT2D eigenvalue weighted by molar-refractivity contribution is 6.07. The first-order valence-corrected chi connectivity index (χ1v) is 2.99. The van der Waals surface area contributed by atoms with Crippen LogP contribution in [0.15, 0.2) is 5.11 Å². The fourth-order valence-corrected chi connectivity index (χ4v) is 0.510. The zero-order valence-electron chi connectivity index (χ0n) is 6.33.